The number of hydrogen-bond acceptors (Lipinski definition) is 3. The molecule has 0 spiro atoms. The Balaban J connectivity index is 1.72. The quantitative estimate of drug-likeness (QED) is 0.675. The average Bonchev–Trinajstić information content (AvgIpc) is 2.81. The second-order valence-corrected chi connectivity index (χ2v) is 9.25. The number of ketones is 1. The summed E-state index contributed by atoms with van der Waals surface area (Å²) in [5, 5.41) is 21.6. The molecule has 0 aromatic heterocycles. The second kappa shape index (κ2) is 4.57. The summed E-state index contributed by atoms with van der Waals surface area (Å²) < 4.78 is 0. The zero-order chi connectivity index (χ0) is 15.8. The fourth-order valence-electron chi connectivity index (χ4n) is 7.17. The summed E-state index contributed by atoms with van der Waals surface area (Å²) in [6.07, 6.45) is 9.03. The molecule has 4 aliphatic carbocycles. The summed E-state index contributed by atoms with van der Waals surface area (Å²) in [5.74, 6) is 0.170. The van der Waals surface area contributed by atoms with Crippen LogP contribution in [0.25, 0.3) is 0 Å². The highest BCUT2D eigenvalue weighted by atomic mass is 16.5. The molecule has 0 bridgehead atoms. The third-order valence-electron chi connectivity index (χ3n) is 8.47. The fraction of sp³-hybridized carbons (Fsp3) is 0.947. The molecule has 1 unspecified atom stereocenters. The van der Waals surface area contributed by atoms with Crippen LogP contribution < -0.4 is 0 Å². The number of aliphatic hydroxyl groups is 2. The molecule has 0 heterocycles. The van der Waals surface area contributed by atoms with Crippen LogP contribution in [0.15, 0.2) is 0 Å². The van der Waals surface area contributed by atoms with Crippen molar-refractivity contribution in [3.8, 4) is 0 Å². The Labute approximate surface area is 133 Å². The molecule has 4 aliphatic rings. The predicted octanol–water partition coefficient (Wildman–Crippen LogP) is 3.28. The van der Waals surface area contributed by atoms with Gasteiger partial charge in [0.2, 0.25) is 0 Å². The normalized spacial score (nSPS) is 53.5. The molecule has 3 nitrogen and oxygen atoms in total. The molecule has 4 rings (SSSR count). The molecular weight excluding hydrogens is 276 g/mol. The number of rotatable bonds is 0. The molecule has 124 valence electrons. The molecular formula is C19H30O3. The monoisotopic (exact) mass is 306 g/mol. The van der Waals surface area contributed by atoms with Crippen LogP contribution in [-0.2, 0) is 4.79 Å². The third-order valence-corrected chi connectivity index (χ3v) is 8.47. The van der Waals surface area contributed by atoms with Crippen LogP contribution in [-0.4, -0.2) is 21.8 Å². The molecule has 0 aromatic rings. The zero-order valence-electron chi connectivity index (χ0n) is 14.0. The molecule has 4 saturated carbocycles. The highest BCUT2D eigenvalue weighted by Crippen LogP contribution is 2.67. The van der Waals surface area contributed by atoms with Gasteiger partial charge in [-0.15, -0.1) is 0 Å². The van der Waals surface area contributed by atoms with Crippen LogP contribution in [0.5, 0.6) is 0 Å². The van der Waals surface area contributed by atoms with E-state index in [1.807, 2.05) is 0 Å². The Morgan fingerprint density at radius 2 is 1.77 bits per heavy atom. The standard InChI is InChI=1S/C19H30O3/c1-17-8-3-4-15(17)14-6-5-12-10-13(20)11-19(21,22)18(12,2)16(14)7-9-17/h12,14-16,21-22H,3-11H2,1-2H3/t12?,14-,15-,16-,17-,18-/m0/s1. The SMILES string of the molecule is C[C@@]12CCC[C@H]1[C@@H]1CCC3CC(=O)CC(O)(O)[C@]3(C)[C@H]1CC2. The lowest BCUT2D eigenvalue weighted by Crippen LogP contribution is -2.64. The Bertz CT molecular complexity index is 499. The van der Waals surface area contributed by atoms with E-state index in [0.717, 1.165) is 18.8 Å². The largest absolute Gasteiger partial charge is 0.365 e. The third kappa shape index (κ3) is 1.78. The molecule has 6 atom stereocenters. The summed E-state index contributed by atoms with van der Waals surface area (Å²) in [4.78, 5) is 11.9. The maximum absolute atomic E-state index is 11.9. The van der Waals surface area contributed by atoms with E-state index in [1.165, 1.54) is 32.1 Å². The molecule has 0 radical (unpaired) electrons. The van der Waals surface area contributed by atoms with Crippen molar-refractivity contribution in [3.63, 3.8) is 0 Å². The van der Waals surface area contributed by atoms with E-state index in [-0.39, 0.29) is 18.1 Å². The lowest BCUT2D eigenvalue weighted by Gasteiger charge is -2.62. The maximum Gasteiger partial charge on any atom is 0.175 e. The van der Waals surface area contributed by atoms with Gasteiger partial charge in [0, 0.05) is 11.8 Å². The lowest BCUT2D eigenvalue weighted by molar-refractivity contribution is -0.303. The van der Waals surface area contributed by atoms with E-state index in [0.29, 0.717) is 23.7 Å². The van der Waals surface area contributed by atoms with Crippen molar-refractivity contribution in [1.82, 2.24) is 0 Å². The Kier molecular flexibility index (Phi) is 3.14. The van der Waals surface area contributed by atoms with E-state index >= 15 is 0 Å². The number of carbonyl (C=O) groups excluding carboxylic acids is 1. The van der Waals surface area contributed by atoms with Gasteiger partial charge in [0.15, 0.2) is 5.79 Å². The molecule has 22 heavy (non-hydrogen) atoms. The maximum atomic E-state index is 11.9. The van der Waals surface area contributed by atoms with Gasteiger partial charge in [0.1, 0.15) is 5.78 Å². The van der Waals surface area contributed by atoms with Crippen molar-refractivity contribution in [2.24, 2.45) is 34.5 Å². The minimum Gasteiger partial charge on any atom is -0.365 e. The minimum atomic E-state index is -1.80. The first-order chi connectivity index (χ1) is 10.3. The summed E-state index contributed by atoms with van der Waals surface area (Å²) >= 11 is 0. The van der Waals surface area contributed by atoms with Crippen LogP contribution in [0.4, 0.5) is 0 Å². The average molecular weight is 306 g/mol. The van der Waals surface area contributed by atoms with Crippen LogP contribution >= 0.6 is 0 Å². The van der Waals surface area contributed by atoms with E-state index in [4.69, 9.17) is 0 Å². The Morgan fingerprint density at radius 1 is 1.00 bits per heavy atom. The molecule has 0 aliphatic heterocycles. The molecule has 0 amide bonds. The van der Waals surface area contributed by atoms with Gasteiger partial charge in [-0.2, -0.15) is 0 Å². The van der Waals surface area contributed by atoms with Crippen LogP contribution in [0.1, 0.15) is 71.6 Å². The highest BCUT2D eigenvalue weighted by molar-refractivity contribution is 5.81. The van der Waals surface area contributed by atoms with E-state index in [2.05, 4.69) is 13.8 Å². The summed E-state index contributed by atoms with van der Waals surface area (Å²) in [6, 6.07) is 0. The van der Waals surface area contributed by atoms with Gasteiger partial charge in [-0.05, 0) is 67.6 Å². The van der Waals surface area contributed by atoms with Crippen molar-refractivity contribution in [3.05, 3.63) is 0 Å². The van der Waals surface area contributed by atoms with Gasteiger partial charge in [-0.1, -0.05) is 20.3 Å². The van der Waals surface area contributed by atoms with Crippen molar-refractivity contribution in [2.75, 3.05) is 0 Å². The number of Topliss-reactive ketones (excluding diaryl/α,β-unsaturated/α-hetero) is 1. The van der Waals surface area contributed by atoms with Gasteiger partial charge in [-0.3, -0.25) is 4.79 Å². The van der Waals surface area contributed by atoms with Crippen LogP contribution in [0.3, 0.4) is 0 Å². The predicted molar refractivity (Wildman–Crippen MR) is 83.9 cm³/mol. The molecule has 3 heteroatoms. The summed E-state index contributed by atoms with van der Waals surface area (Å²) in [7, 11) is 0. The topological polar surface area (TPSA) is 57.5 Å². The summed E-state index contributed by atoms with van der Waals surface area (Å²) in [5.41, 5.74) is -0.00380. The summed E-state index contributed by atoms with van der Waals surface area (Å²) in [6.45, 7) is 4.55. The molecule has 0 aromatic carbocycles. The highest BCUT2D eigenvalue weighted by Gasteiger charge is 2.65. The fourth-order valence-corrected chi connectivity index (χ4v) is 7.17. The molecule has 2 N–H and O–H groups in total. The lowest BCUT2D eigenvalue weighted by atomic mass is 9.44. The first kappa shape index (κ1) is 15.1. The number of carbonyl (C=O) groups is 1. The van der Waals surface area contributed by atoms with Gasteiger partial charge in [0.25, 0.3) is 0 Å². The zero-order valence-corrected chi connectivity index (χ0v) is 14.0. The van der Waals surface area contributed by atoms with E-state index < -0.39 is 11.2 Å². The first-order valence-corrected chi connectivity index (χ1v) is 9.24. The van der Waals surface area contributed by atoms with Crippen LogP contribution in [0, 0.1) is 34.5 Å². The van der Waals surface area contributed by atoms with Gasteiger partial charge in [-0.25, -0.2) is 0 Å². The number of fused-ring (bicyclic) bond motifs is 5. The van der Waals surface area contributed by atoms with E-state index in [9.17, 15) is 15.0 Å². The van der Waals surface area contributed by atoms with Gasteiger partial charge >= 0.3 is 0 Å². The Hall–Kier alpha value is -0.410. The van der Waals surface area contributed by atoms with Gasteiger partial charge < -0.3 is 10.2 Å². The molecule has 4 fully saturated rings. The van der Waals surface area contributed by atoms with Gasteiger partial charge in [0.05, 0.1) is 6.42 Å². The van der Waals surface area contributed by atoms with Crippen molar-refractivity contribution in [2.45, 2.75) is 77.4 Å². The second-order valence-electron chi connectivity index (χ2n) is 9.25. The Morgan fingerprint density at radius 3 is 2.55 bits per heavy atom. The smallest absolute Gasteiger partial charge is 0.175 e. The van der Waals surface area contributed by atoms with Crippen LogP contribution in [0.2, 0.25) is 0 Å². The van der Waals surface area contributed by atoms with Crippen molar-refractivity contribution in [1.29, 1.82) is 0 Å². The van der Waals surface area contributed by atoms with Crippen molar-refractivity contribution >= 4 is 5.78 Å². The first-order valence-electron chi connectivity index (χ1n) is 9.24. The van der Waals surface area contributed by atoms with E-state index in [1.54, 1.807) is 0 Å². The van der Waals surface area contributed by atoms with Crippen molar-refractivity contribution < 1.29 is 15.0 Å². The number of hydrogen-bond donors (Lipinski definition) is 2. The molecule has 0 saturated heterocycles. The minimum absolute atomic E-state index is 0.0347.